The molecule has 144 valence electrons. The Labute approximate surface area is 159 Å². The number of carbonyl (C=O) groups excluding carboxylic acids is 2. The number of carbonyl (C=O) groups is 2. The average Bonchev–Trinajstić information content (AvgIpc) is 2.70. The Morgan fingerprint density at radius 3 is 2.33 bits per heavy atom. The Balaban J connectivity index is 1.96. The lowest BCUT2D eigenvalue weighted by Gasteiger charge is -2.18. The second-order valence-electron chi connectivity index (χ2n) is 6.08. The van der Waals surface area contributed by atoms with Gasteiger partial charge >= 0.3 is 5.97 Å². The molecule has 0 aliphatic heterocycles. The van der Waals surface area contributed by atoms with E-state index in [-0.39, 0.29) is 24.1 Å². The molecule has 0 unspecified atom stereocenters. The monoisotopic (exact) mass is 371 g/mol. The molecule has 2 rings (SSSR count). The van der Waals surface area contributed by atoms with E-state index in [2.05, 4.69) is 5.32 Å². The maximum absolute atomic E-state index is 12.3. The highest BCUT2D eigenvalue weighted by Gasteiger charge is 2.18. The van der Waals surface area contributed by atoms with Gasteiger partial charge in [0.05, 0.1) is 20.3 Å². The zero-order valence-electron chi connectivity index (χ0n) is 16.1. The van der Waals surface area contributed by atoms with E-state index in [1.165, 1.54) is 14.2 Å². The second kappa shape index (κ2) is 9.62. The highest BCUT2D eigenvalue weighted by molar-refractivity contribution is 5.94. The molecule has 6 nitrogen and oxygen atoms in total. The number of aryl methyl sites for hydroxylation is 1. The molecule has 1 amide bonds. The zero-order valence-corrected chi connectivity index (χ0v) is 16.1. The van der Waals surface area contributed by atoms with Gasteiger partial charge in [-0.25, -0.2) is 4.79 Å². The molecule has 27 heavy (non-hydrogen) atoms. The fourth-order valence-corrected chi connectivity index (χ4v) is 2.63. The third kappa shape index (κ3) is 5.48. The number of hydrogen-bond donors (Lipinski definition) is 1. The minimum absolute atomic E-state index is 0.132. The molecular formula is C21H25NO5. The van der Waals surface area contributed by atoms with E-state index in [1.54, 1.807) is 18.2 Å². The SMILES string of the molecule is CC[C@@H](NC(=O)COC(=O)c1ccc(OC)cc1OC)c1ccc(C)cc1. The third-order valence-corrected chi connectivity index (χ3v) is 4.19. The molecule has 0 heterocycles. The van der Waals surface area contributed by atoms with Gasteiger partial charge in [0.15, 0.2) is 6.61 Å². The van der Waals surface area contributed by atoms with Crippen LogP contribution in [0, 0.1) is 6.92 Å². The molecule has 0 saturated carbocycles. The summed E-state index contributed by atoms with van der Waals surface area (Å²) in [4.78, 5) is 24.5. The smallest absolute Gasteiger partial charge is 0.342 e. The van der Waals surface area contributed by atoms with Gasteiger partial charge in [-0.3, -0.25) is 4.79 Å². The number of esters is 1. The first-order valence-electron chi connectivity index (χ1n) is 8.73. The molecule has 0 aliphatic rings. The average molecular weight is 371 g/mol. The second-order valence-corrected chi connectivity index (χ2v) is 6.08. The van der Waals surface area contributed by atoms with Crippen molar-refractivity contribution in [3.8, 4) is 11.5 Å². The maximum Gasteiger partial charge on any atom is 0.342 e. The van der Waals surface area contributed by atoms with Gasteiger partial charge in [-0.2, -0.15) is 0 Å². The minimum atomic E-state index is -0.631. The van der Waals surface area contributed by atoms with Crippen molar-refractivity contribution < 1.29 is 23.8 Å². The lowest BCUT2D eigenvalue weighted by Crippen LogP contribution is -2.32. The van der Waals surface area contributed by atoms with Crippen molar-refractivity contribution in [1.82, 2.24) is 5.32 Å². The van der Waals surface area contributed by atoms with E-state index in [0.717, 1.165) is 17.5 Å². The largest absolute Gasteiger partial charge is 0.497 e. The number of methoxy groups -OCH3 is 2. The molecule has 2 aromatic rings. The third-order valence-electron chi connectivity index (χ3n) is 4.19. The number of rotatable bonds is 8. The van der Waals surface area contributed by atoms with Crippen LogP contribution in [0.1, 0.15) is 40.9 Å². The van der Waals surface area contributed by atoms with Crippen LogP contribution in [0.15, 0.2) is 42.5 Å². The Kier molecular flexibility index (Phi) is 7.23. The van der Waals surface area contributed by atoms with Gasteiger partial charge < -0.3 is 19.5 Å². The first kappa shape index (κ1) is 20.3. The molecule has 6 heteroatoms. The molecule has 0 radical (unpaired) electrons. The predicted molar refractivity (Wildman–Crippen MR) is 102 cm³/mol. The fraction of sp³-hybridized carbons (Fsp3) is 0.333. The molecule has 0 bridgehead atoms. The first-order chi connectivity index (χ1) is 13.0. The molecular weight excluding hydrogens is 346 g/mol. The van der Waals surface area contributed by atoms with Gasteiger partial charge in [0, 0.05) is 6.07 Å². The number of ether oxygens (including phenoxy) is 3. The summed E-state index contributed by atoms with van der Waals surface area (Å²) in [6.45, 7) is 3.63. The summed E-state index contributed by atoms with van der Waals surface area (Å²) < 4.78 is 15.4. The van der Waals surface area contributed by atoms with Crippen LogP contribution < -0.4 is 14.8 Å². The number of benzene rings is 2. The summed E-state index contributed by atoms with van der Waals surface area (Å²) in [5.74, 6) is -0.104. The molecule has 0 fully saturated rings. The summed E-state index contributed by atoms with van der Waals surface area (Å²) in [5, 5.41) is 2.89. The lowest BCUT2D eigenvalue weighted by molar-refractivity contribution is -0.125. The predicted octanol–water partition coefficient (Wildman–Crippen LogP) is 3.44. The Morgan fingerprint density at radius 1 is 1.04 bits per heavy atom. The van der Waals surface area contributed by atoms with Gasteiger partial charge in [0.25, 0.3) is 5.91 Å². The van der Waals surface area contributed by atoms with Gasteiger partial charge in [0.2, 0.25) is 0 Å². The molecule has 1 N–H and O–H groups in total. The molecule has 1 atom stereocenters. The number of hydrogen-bond acceptors (Lipinski definition) is 5. The van der Waals surface area contributed by atoms with Gasteiger partial charge in [0.1, 0.15) is 17.1 Å². The number of nitrogens with one attached hydrogen (secondary N) is 1. The van der Waals surface area contributed by atoms with Crippen molar-refractivity contribution in [3.63, 3.8) is 0 Å². The van der Waals surface area contributed by atoms with Crippen molar-refractivity contribution in [2.45, 2.75) is 26.3 Å². The quantitative estimate of drug-likeness (QED) is 0.720. The normalized spacial score (nSPS) is 11.4. The van der Waals surface area contributed by atoms with Gasteiger partial charge in [-0.1, -0.05) is 36.8 Å². The van der Waals surface area contributed by atoms with Crippen LogP contribution in [0.3, 0.4) is 0 Å². The van der Waals surface area contributed by atoms with E-state index in [0.29, 0.717) is 11.5 Å². The van der Waals surface area contributed by atoms with E-state index in [9.17, 15) is 9.59 Å². The standard InChI is InChI=1S/C21H25NO5/c1-5-18(15-8-6-14(2)7-9-15)22-20(23)13-27-21(24)17-11-10-16(25-3)12-19(17)26-4/h6-12,18H,5,13H2,1-4H3,(H,22,23)/t18-/m1/s1. The molecule has 0 aliphatic carbocycles. The summed E-state index contributed by atoms with van der Waals surface area (Å²) in [5.41, 5.74) is 2.40. The fourth-order valence-electron chi connectivity index (χ4n) is 2.63. The Morgan fingerprint density at radius 2 is 1.74 bits per heavy atom. The van der Waals surface area contributed by atoms with Crippen molar-refractivity contribution in [1.29, 1.82) is 0 Å². The van der Waals surface area contributed by atoms with E-state index < -0.39 is 5.97 Å². The van der Waals surface area contributed by atoms with E-state index in [4.69, 9.17) is 14.2 Å². The van der Waals surface area contributed by atoms with Gasteiger partial charge in [-0.15, -0.1) is 0 Å². The van der Waals surface area contributed by atoms with Crippen molar-refractivity contribution in [2.75, 3.05) is 20.8 Å². The number of amides is 1. The van der Waals surface area contributed by atoms with Crippen LogP contribution >= 0.6 is 0 Å². The van der Waals surface area contributed by atoms with Crippen molar-refractivity contribution >= 4 is 11.9 Å². The molecule has 0 spiro atoms. The van der Waals surface area contributed by atoms with Crippen LogP contribution in [0.5, 0.6) is 11.5 Å². The van der Waals surface area contributed by atoms with Crippen LogP contribution in [-0.2, 0) is 9.53 Å². The first-order valence-corrected chi connectivity index (χ1v) is 8.73. The minimum Gasteiger partial charge on any atom is -0.497 e. The van der Waals surface area contributed by atoms with E-state index >= 15 is 0 Å². The zero-order chi connectivity index (χ0) is 19.8. The molecule has 0 aromatic heterocycles. The van der Waals surface area contributed by atoms with Gasteiger partial charge in [-0.05, 0) is 31.0 Å². The summed E-state index contributed by atoms with van der Waals surface area (Å²) in [6, 6.07) is 12.6. The molecule has 2 aromatic carbocycles. The Bertz CT molecular complexity index is 786. The highest BCUT2D eigenvalue weighted by Crippen LogP contribution is 2.25. The van der Waals surface area contributed by atoms with E-state index in [1.807, 2.05) is 38.1 Å². The topological polar surface area (TPSA) is 73.9 Å². The Hall–Kier alpha value is -3.02. The lowest BCUT2D eigenvalue weighted by atomic mass is 10.0. The summed E-state index contributed by atoms with van der Waals surface area (Å²) >= 11 is 0. The summed E-state index contributed by atoms with van der Waals surface area (Å²) in [7, 11) is 2.97. The van der Waals surface area contributed by atoms with Crippen molar-refractivity contribution in [2.24, 2.45) is 0 Å². The van der Waals surface area contributed by atoms with Crippen LogP contribution in [0.4, 0.5) is 0 Å². The van der Waals surface area contributed by atoms with Crippen LogP contribution in [-0.4, -0.2) is 32.7 Å². The summed E-state index contributed by atoms with van der Waals surface area (Å²) in [6.07, 6.45) is 0.731. The van der Waals surface area contributed by atoms with Crippen molar-refractivity contribution in [3.05, 3.63) is 59.2 Å². The molecule has 0 saturated heterocycles. The maximum atomic E-state index is 12.3. The van der Waals surface area contributed by atoms with Crippen LogP contribution in [0.2, 0.25) is 0 Å². The highest BCUT2D eigenvalue weighted by atomic mass is 16.5. The van der Waals surface area contributed by atoms with Crippen LogP contribution in [0.25, 0.3) is 0 Å².